The number of hydrogen-bond acceptors (Lipinski definition) is 1. The van der Waals surface area contributed by atoms with Crippen molar-refractivity contribution in [1.82, 2.24) is 18.7 Å². The first-order valence-electron chi connectivity index (χ1n) is 22.5. The van der Waals surface area contributed by atoms with Crippen molar-refractivity contribution < 1.29 is 0 Å². The Morgan fingerprint density at radius 3 is 0.815 bits per heavy atom. The van der Waals surface area contributed by atoms with Crippen LogP contribution in [0.15, 0.2) is 231 Å². The highest BCUT2D eigenvalue weighted by Crippen LogP contribution is 2.38. The number of rotatable bonds is 6. The first-order chi connectivity index (χ1) is 32.2. The molecule has 4 heteroatoms. The van der Waals surface area contributed by atoms with Gasteiger partial charge in [-0.05, 0) is 96.1 Å². The number of aromatic nitrogens is 4. The van der Waals surface area contributed by atoms with E-state index in [9.17, 15) is 0 Å². The minimum Gasteiger partial charge on any atom is -0.309 e. The molecule has 308 valence electrons. The van der Waals surface area contributed by atoms with Crippen molar-refractivity contribution in [3.63, 3.8) is 0 Å². The maximum atomic E-state index is 5.52. The maximum absolute atomic E-state index is 5.52. The monoisotopic (exact) mass is 832 g/mol. The topological polar surface area (TPSA) is 27.7 Å². The van der Waals surface area contributed by atoms with Gasteiger partial charge in [0.25, 0.3) is 0 Å². The zero-order chi connectivity index (χ0) is 43.4. The molecule has 9 aromatic carbocycles. The SMILES string of the molecule is CC.c1cc(-c2cc(-c3cccc(-n4c5ccccc5c5ccccc54)c3)nc(-c3cccc(-n4c5ccccc5c5ccccc54)c3)c2)cc(-n2c3ccccc3c3ccccc32)c1. The third-order valence-corrected chi connectivity index (χ3v) is 12.8. The van der Waals surface area contributed by atoms with Crippen LogP contribution in [0.4, 0.5) is 0 Å². The van der Waals surface area contributed by atoms with E-state index in [-0.39, 0.29) is 0 Å². The lowest BCUT2D eigenvalue weighted by molar-refractivity contribution is 1.17. The normalized spacial score (nSPS) is 11.5. The van der Waals surface area contributed by atoms with E-state index < -0.39 is 0 Å². The molecule has 0 amide bonds. The van der Waals surface area contributed by atoms with Gasteiger partial charge in [0.05, 0.1) is 44.5 Å². The summed E-state index contributed by atoms with van der Waals surface area (Å²) >= 11 is 0. The van der Waals surface area contributed by atoms with Crippen molar-refractivity contribution in [3.05, 3.63) is 231 Å². The molecule has 0 aliphatic carbocycles. The largest absolute Gasteiger partial charge is 0.309 e. The summed E-state index contributed by atoms with van der Waals surface area (Å²) in [5.74, 6) is 0. The van der Waals surface area contributed by atoms with E-state index in [0.29, 0.717) is 0 Å². The first kappa shape index (κ1) is 38.2. The van der Waals surface area contributed by atoms with Gasteiger partial charge < -0.3 is 13.7 Å². The highest BCUT2D eigenvalue weighted by atomic mass is 15.0. The van der Waals surface area contributed by atoms with Gasteiger partial charge in [-0.15, -0.1) is 0 Å². The lowest BCUT2D eigenvalue weighted by Gasteiger charge is -2.15. The molecule has 4 aromatic heterocycles. The summed E-state index contributed by atoms with van der Waals surface area (Å²) in [6.45, 7) is 4.00. The first-order valence-corrected chi connectivity index (χ1v) is 22.5. The summed E-state index contributed by atoms with van der Waals surface area (Å²) in [6, 6.07) is 83.3. The van der Waals surface area contributed by atoms with Crippen LogP contribution in [0.5, 0.6) is 0 Å². The second kappa shape index (κ2) is 15.7. The summed E-state index contributed by atoms with van der Waals surface area (Å²) in [5, 5.41) is 7.47. The van der Waals surface area contributed by atoms with Crippen molar-refractivity contribution in [1.29, 1.82) is 0 Å². The van der Waals surface area contributed by atoms with Crippen LogP contribution in [0.1, 0.15) is 13.8 Å². The van der Waals surface area contributed by atoms with E-state index in [1.165, 1.54) is 65.4 Å². The summed E-state index contributed by atoms with van der Waals surface area (Å²) in [4.78, 5) is 5.52. The molecule has 4 heterocycles. The quantitative estimate of drug-likeness (QED) is 0.164. The predicted octanol–water partition coefficient (Wildman–Crippen LogP) is 16.4. The van der Waals surface area contributed by atoms with Gasteiger partial charge >= 0.3 is 0 Å². The molecular weight excluding hydrogens is 789 g/mol. The minimum atomic E-state index is 0.912. The van der Waals surface area contributed by atoms with Gasteiger partial charge in [-0.1, -0.05) is 159 Å². The molecule has 0 spiro atoms. The van der Waals surface area contributed by atoms with Crippen LogP contribution in [0.3, 0.4) is 0 Å². The van der Waals surface area contributed by atoms with Crippen LogP contribution < -0.4 is 0 Å². The van der Waals surface area contributed by atoms with Gasteiger partial charge in [0, 0.05) is 60.5 Å². The predicted molar refractivity (Wildman–Crippen MR) is 275 cm³/mol. The van der Waals surface area contributed by atoms with Gasteiger partial charge in [0.2, 0.25) is 0 Å². The van der Waals surface area contributed by atoms with Gasteiger partial charge in [-0.25, -0.2) is 4.98 Å². The van der Waals surface area contributed by atoms with E-state index in [0.717, 1.165) is 50.7 Å². The average molecular weight is 833 g/mol. The van der Waals surface area contributed by atoms with E-state index in [4.69, 9.17) is 4.98 Å². The summed E-state index contributed by atoms with van der Waals surface area (Å²) in [5.41, 5.74) is 16.6. The number of nitrogens with zero attached hydrogens (tertiary/aromatic N) is 4. The van der Waals surface area contributed by atoms with E-state index >= 15 is 0 Å². The Balaban J connectivity index is 0.00000219. The van der Waals surface area contributed by atoms with Crippen molar-refractivity contribution in [2.45, 2.75) is 13.8 Å². The number of pyridine rings is 1. The Morgan fingerprint density at radius 2 is 0.508 bits per heavy atom. The number of para-hydroxylation sites is 6. The number of hydrogen-bond donors (Lipinski definition) is 0. The molecular formula is C61H44N4. The molecule has 0 aliphatic rings. The standard InChI is InChI=1S/C59H38N4.C2H6/c1-7-28-54-46(22-1)47-23-2-8-29-55(47)61(54)43-19-13-16-39(34-43)42-37-52(40-17-14-20-44(35-40)62-56-30-9-3-24-48(56)49-25-4-10-31-57(49)62)60-53(38-42)41-18-15-21-45(36-41)63-58-32-11-5-26-50(58)51-27-6-12-33-59(51)63;1-2/h1-38H;1-2H3. The molecule has 0 N–H and O–H groups in total. The fourth-order valence-corrected chi connectivity index (χ4v) is 10.0. The molecule has 0 aliphatic heterocycles. The third-order valence-electron chi connectivity index (χ3n) is 12.8. The second-order valence-electron chi connectivity index (χ2n) is 16.4. The van der Waals surface area contributed by atoms with Gasteiger partial charge in [0.15, 0.2) is 0 Å². The molecule has 0 unspecified atom stereocenters. The lowest BCUT2D eigenvalue weighted by atomic mass is 9.99. The summed E-state index contributed by atoms with van der Waals surface area (Å²) in [7, 11) is 0. The van der Waals surface area contributed by atoms with Crippen molar-refractivity contribution in [2.75, 3.05) is 0 Å². The Bertz CT molecular complexity index is 3360. The molecule has 65 heavy (non-hydrogen) atoms. The molecule has 0 saturated carbocycles. The van der Waals surface area contributed by atoms with Crippen LogP contribution >= 0.6 is 0 Å². The van der Waals surface area contributed by atoms with Crippen LogP contribution in [0.2, 0.25) is 0 Å². The molecule has 0 atom stereocenters. The fourth-order valence-electron chi connectivity index (χ4n) is 10.0. The van der Waals surface area contributed by atoms with Gasteiger partial charge in [-0.2, -0.15) is 0 Å². The van der Waals surface area contributed by atoms with Crippen LogP contribution in [-0.2, 0) is 0 Å². The molecule has 4 nitrogen and oxygen atoms in total. The van der Waals surface area contributed by atoms with Crippen molar-refractivity contribution >= 4 is 65.4 Å². The zero-order valence-corrected chi connectivity index (χ0v) is 36.2. The number of benzene rings is 9. The molecule has 13 rings (SSSR count). The fraction of sp³-hybridized carbons (Fsp3) is 0.0328. The third kappa shape index (κ3) is 6.25. The van der Waals surface area contributed by atoms with Crippen LogP contribution in [0.25, 0.3) is 116 Å². The number of fused-ring (bicyclic) bond motifs is 9. The Kier molecular flexibility index (Phi) is 9.24. The summed E-state index contributed by atoms with van der Waals surface area (Å²) in [6.07, 6.45) is 0. The molecule has 0 saturated heterocycles. The van der Waals surface area contributed by atoms with Crippen molar-refractivity contribution in [2.24, 2.45) is 0 Å². The minimum absolute atomic E-state index is 0.912. The Labute approximate surface area is 377 Å². The highest BCUT2D eigenvalue weighted by molar-refractivity contribution is 6.11. The van der Waals surface area contributed by atoms with E-state index in [1.807, 2.05) is 13.8 Å². The molecule has 13 aromatic rings. The van der Waals surface area contributed by atoms with Crippen LogP contribution in [-0.4, -0.2) is 18.7 Å². The molecule has 0 fully saturated rings. The maximum Gasteiger partial charge on any atom is 0.0716 e. The highest BCUT2D eigenvalue weighted by Gasteiger charge is 2.17. The smallest absolute Gasteiger partial charge is 0.0716 e. The average Bonchev–Trinajstić information content (AvgIpc) is 4.03. The van der Waals surface area contributed by atoms with E-state index in [1.54, 1.807) is 0 Å². The van der Waals surface area contributed by atoms with Gasteiger partial charge in [-0.3, -0.25) is 0 Å². The second-order valence-corrected chi connectivity index (χ2v) is 16.4. The van der Waals surface area contributed by atoms with Crippen LogP contribution in [0, 0.1) is 0 Å². The zero-order valence-electron chi connectivity index (χ0n) is 36.2. The lowest BCUT2D eigenvalue weighted by Crippen LogP contribution is -1.97. The van der Waals surface area contributed by atoms with Crippen molar-refractivity contribution in [3.8, 4) is 50.7 Å². The van der Waals surface area contributed by atoms with Gasteiger partial charge in [0.1, 0.15) is 0 Å². The van der Waals surface area contributed by atoms with E-state index in [2.05, 4.69) is 244 Å². The summed E-state index contributed by atoms with van der Waals surface area (Å²) < 4.78 is 7.15. The Morgan fingerprint density at radius 1 is 0.246 bits per heavy atom. The Hall–Kier alpha value is -8.47. The molecule has 0 bridgehead atoms. The molecule has 0 radical (unpaired) electrons.